The van der Waals surface area contributed by atoms with Gasteiger partial charge in [-0.1, -0.05) is 36.8 Å². The number of nitrogens with one attached hydrogen (secondary N) is 2. The molecule has 6 heteroatoms. The van der Waals surface area contributed by atoms with Gasteiger partial charge >= 0.3 is 0 Å². The molecule has 0 radical (unpaired) electrons. The van der Waals surface area contributed by atoms with Gasteiger partial charge in [-0.2, -0.15) is 0 Å². The smallest absolute Gasteiger partial charge is 0.238 e. The van der Waals surface area contributed by atoms with Gasteiger partial charge in [-0.3, -0.25) is 19.4 Å². The predicted molar refractivity (Wildman–Crippen MR) is 126 cm³/mol. The van der Waals surface area contributed by atoms with E-state index in [1.807, 2.05) is 31.2 Å². The topological polar surface area (TPSA) is 64.7 Å². The summed E-state index contributed by atoms with van der Waals surface area (Å²) >= 11 is 0. The number of hydrogen-bond acceptors (Lipinski definition) is 4. The largest absolute Gasteiger partial charge is 0.354 e. The second-order valence-electron chi connectivity index (χ2n) is 8.70. The van der Waals surface area contributed by atoms with Crippen molar-refractivity contribution in [1.82, 2.24) is 15.1 Å². The van der Waals surface area contributed by atoms with E-state index in [1.54, 1.807) is 0 Å². The van der Waals surface area contributed by atoms with E-state index in [4.69, 9.17) is 0 Å². The molecule has 2 N–H and O–H groups in total. The summed E-state index contributed by atoms with van der Waals surface area (Å²) in [5, 5.41) is 6.16. The number of hydrogen-bond donors (Lipinski definition) is 2. The van der Waals surface area contributed by atoms with Crippen molar-refractivity contribution in [3.05, 3.63) is 41.5 Å². The molecule has 3 rings (SSSR count). The number of amides is 2. The highest BCUT2D eigenvalue weighted by molar-refractivity contribution is 5.93. The molecule has 1 atom stereocenters. The van der Waals surface area contributed by atoms with Crippen LogP contribution in [0.2, 0.25) is 0 Å². The van der Waals surface area contributed by atoms with Crippen molar-refractivity contribution < 1.29 is 9.59 Å². The Morgan fingerprint density at radius 2 is 1.87 bits per heavy atom. The molecule has 0 spiro atoms. The van der Waals surface area contributed by atoms with E-state index in [0.29, 0.717) is 6.54 Å². The molecule has 1 aromatic carbocycles. The van der Waals surface area contributed by atoms with Crippen molar-refractivity contribution >= 4 is 17.5 Å². The Balaban J connectivity index is 1.36. The number of piperazine rings is 1. The Bertz CT molecular complexity index is 769. The van der Waals surface area contributed by atoms with Gasteiger partial charge in [-0.25, -0.2) is 0 Å². The van der Waals surface area contributed by atoms with Gasteiger partial charge in [0.1, 0.15) is 0 Å². The fourth-order valence-electron chi connectivity index (χ4n) is 4.44. The summed E-state index contributed by atoms with van der Waals surface area (Å²) < 4.78 is 0. The van der Waals surface area contributed by atoms with Gasteiger partial charge in [0.15, 0.2) is 0 Å². The monoisotopic (exact) mass is 426 g/mol. The van der Waals surface area contributed by atoms with E-state index in [2.05, 4.69) is 33.4 Å². The van der Waals surface area contributed by atoms with Crippen molar-refractivity contribution in [2.75, 3.05) is 44.6 Å². The number of rotatable bonds is 9. The Morgan fingerprint density at radius 3 is 2.58 bits per heavy atom. The maximum Gasteiger partial charge on any atom is 0.238 e. The average molecular weight is 427 g/mol. The van der Waals surface area contributed by atoms with Crippen LogP contribution in [0.5, 0.6) is 0 Å². The molecule has 6 nitrogen and oxygen atoms in total. The van der Waals surface area contributed by atoms with E-state index in [9.17, 15) is 9.59 Å². The van der Waals surface area contributed by atoms with E-state index >= 15 is 0 Å². The van der Waals surface area contributed by atoms with Crippen LogP contribution in [0.1, 0.15) is 51.5 Å². The fraction of sp³-hybridized carbons (Fsp3) is 0.600. The number of para-hydroxylation sites is 1. The zero-order valence-electron chi connectivity index (χ0n) is 19.2. The lowest BCUT2D eigenvalue weighted by atomic mass is 9.97. The van der Waals surface area contributed by atoms with Crippen molar-refractivity contribution in [2.24, 2.45) is 0 Å². The lowest BCUT2D eigenvalue weighted by Crippen LogP contribution is -2.54. The molecule has 1 aromatic rings. The molecule has 31 heavy (non-hydrogen) atoms. The quantitative estimate of drug-likeness (QED) is 0.595. The number of anilines is 1. The van der Waals surface area contributed by atoms with E-state index in [0.717, 1.165) is 56.8 Å². The molecule has 0 bridgehead atoms. The predicted octanol–water partition coefficient (Wildman–Crippen LogP) is 3.20. The zero-order valence-corrected chi connectivity index (χ0v) is 19.2. The van der Waals surface area contributed by atoms with Crippen molar-refractivity contribution in [3.8, 4) is 0 Å². The molecule has 1 saturated heterocycles. The molecule has 1 aliphatic heterocycles. The number of nitrogens with zero attached hydrogens (tertiary/aromatic N) is 2. The van der Waals surface area contributed by atoms with Crippen molar-refractivity contribution in [1.29, 1.82) is 0 Å². The minimum absolute atomic E-state index is 0.0251. The minimum Gasteiger partial charge on any atom is -0.354 e. The lowest BCUT2D eigenvalue weighted by molar-refractivity contribution is -0.127. The SMILES string of the molecule is CCc1ccccc1NC(=O)CN1CCN([C@@H](C)C(=O)NCCC2=CCCCC2)CC1. The third-order valence-electron chi connectivity index (χ3n) is 6.50. The van der Waals surface area contributed by atoms with Crippen molar-refractivity contribution in [2.45, 2.75) is 58.4 Å². The summed E-state index contributed by atoms with van der Waals surface area (Å²) in [5.41, 5.74) is 3.55. The van der Waals surface area contributed by atoms with Gasteiger partial charge in [0.2, 0.25) is 11.8 Å². The minimum atomic E-state index is -0.132. The molecule has 1 heterocycles. The maximum atomic E-state index is 12.6. The highest BCUT2D eigenvalue weighted by Crippen LogP contribution is 2.19. The Labute approximate surface area is 187 Å². The first kappa shape index (κ1) is 23.5. The number of benzene rings is 1. The molecule has 2 amide bonds. The van der Waals surface area contributed by atoms with Gasteiger partial charge in [0.05, 0.1) is 12.6 Å². The molecule has 1 aliphatic carbocycles. The molecule has 0 unspecified atom stereocenters. The van der Waals surface area contributed by atoms with Gasteiger partial charge in [0.25, 0.3) is 0 Å². The summed E-state index contributed by atoms with van der Waals surface area (Å²) in [6.45, 7) is 8.40. The van der Waals surface area contributed by atoms with Gasteiger partial charge < -0.3 is 10.6 Å². The van der Waals surface area contributed by atoms with Crippen LogP contribution >= 0.6 is 0 Å². The fourth-order valence-corrected chi connectivity index (χ4v) is 4.44. The van der Waals surface area contributed by atoms with Gasteiger partial charge in [0, 0.05) is 38.4 Å². The number of carbonyl (C=O) groups excluding carboxylic acids is 2. The normalized spacial score (nSPS) is 18.8. The van der Waals surface area contributed by atoms with Crippen molar-refractivity contribution in [3.63, 3.8) is 0 Å². The Hall–Kier alpha value is -2.18. The number of aryl methyl sites for hydroxylation is 1. The first-order valence-corrected chi connectivity index (χ1v) is 11.9. The summed E-state index contributed by atoms with van der Waals surface area (Å²) in [5.74, 6) is 0.135. The van der Waals surface area contributed by atoms with Gasteiger partial charge in [-0.05, 0) is 57.1 Å². The van der Waals surface area contributed by atoms with Crippen LogP contribution in [-0.2, 0) is 16.0 Å². The summed E-state index contributed by atoms with van der Waals surface area (Å²) in [4.78, 5) is 29.4. The van der Waals surface area contributed by atoms with Gasteiger partial charge in [-0.15, -0.1) is 0 Å². The summed E-state index contributed by atoms with van der Waals surface area (Å²) in [6.07, 6.45) is 9.17. The first-order valence-electron chi connectivity index (χ1n) is 11.9. The Kier molecular flexibility index (Phi) is 9.10. The molecule has 0 aromatic heterocycles. The van der Waals surface area contributed by atoms with Crippen LogP contribution in [0.3, 0.4) is 0 Å². The average Bonchev–Trinajstić information content (AvgIpc) is 2.80. The van der Waals surface area contributed by atoms with Crippen LogP contribution < -0.4 is 10.6 Å². The summed E-state index contributed by atoms with van der Waals surface area (Å²) in [7, 11) is 0. The number of allylic oxidation sites excluding steroid dienone is 1. The van der Waals surface area contributed by atoms with Crippen LogP contribution in [0, 0.1) is 0 Å². The second-order valence-corrected chi connectivity index (χ2v) is 8.70. The molecule has 0 saturated carbocycles. The highest BCUT2D eigenvalue weighted by Gasteiger charge is 2.26. The van der Waals surface area contributed by atoms with Crippen LogP contribution in [-0.4, -0.2) is 66.9 Å². The maximum absolute atomic E-state index is 12.6. The van der Waals surface area contributed by atoms with E-state index in [-0.39, 0.29) is 17.9 Å². The molecule has 170 valence electrons. The molecular formula is C25H38N4O2. The lowest BCUT2D eigenvalue weighted by Gasteiger charge is -2.37. The van der Waals surface area contributed by atoms with Crippen LogP contribution in [0.4, 0.5) is 5.69 Å². The molecule has 1 fully saturated rings. The zero-order chi connectivity index (χ0) is 22.1. The molecular weight excluding hydrogens is 388 g/mol. The van der Waals surface area contributed by atoms with Crippen LogP contribution in [0.25, 0.3) is 0 Å². The van der Waals surface area contributed by atoms with E-state index in [1.165, 1.54) is 31.3 Å². The van der Waals surface area contributed by atoms with Crippen LogP contribution in [0.15, 0.2) is 35.9 Å². The standard InChI is InChI=1S/C25H38N4O2/c1-3-22-11-7-8-12-23(22)27-24(30)19-28-15-17-29(18-16-28)20(2)25(31)26-14-13-21-9-5-4-6-10-21/h7-9,11-12,20H,3-6,10,13-19H2,1-2H3,(H,26,31)(H,27,30)/t20-/m0/s1. The highest BCUT2D eigenvalue weighted by atomic mass is 16.2. The first-order chi connectivity index (χ1) is 15.1. The van der Waals surface area contributed by atoms with E-state index < -0.39 is 0 Å². The molecule has 2 aliphatic rings. The third-order valence-corrected chi connectivity index (χ3v) is 6.50. The number of carbonyl (C=O) groups is 2. The summed E-state index contributed by atoms with van der Waals surface area (Å²) in [6, 6.07) is 7.82. The second kappa shape index (κ2) is 12.0. The third kappa shape index (κ3) is 7.18. The Morgan fingerprint density at radius 1 is 1.10 bits per heavy atom.